The highest BCUT2D eigenvalue weighted by molar-refractivity contribution is 9.10. The number of carbonyl (C=O) groups is 2. The highest BCUT2D eigenvalue weighted by atomic mass is 79.9. The Bertz CT molecular complexity index is 750. The number of amides is 1. The first kappa shape index (κ1) is 19.1. The maximum absolute atomic E-state index is 12.6. The molecule has 0 spiro atoms. The van der Waals surface area contributed by atoms with Crippen LogP contribution < -0.4 is 0 Å². The van der Waals surface area contributed by atoms with Crippen LogP contribution in [0.15, 0.2) is 46.3 Å². The van der Waals surface area contributed by atoms with Crippen LogP contribution in [0.5, 0.6) is 0 Å². The van der Waals surface area contributed by atoms with Gasteiger partial charge >= 0.3 is 5.97 Å². The molecule has 3 rings (SSSR count). The zero-order valence-corrected chi connectivity index (χ0v) is 16.8. The molecule has 0 bridgehead atoms. The average Bonchev–Trinajstić information content (AvgIpc) is 2.94. The summed E-state index contributed by atoms with van der Waals surface area (Å²) in [5.74, 6) is -0.171. The Kier molecular flexibility index (Phi) is 6.82. The first-order chi connectivity index (χ1) is 12.6. The Morgan fingerprint density at radius 1 is 1.08 bits per heavy atom. The van der Waals surface area contributed by atoms with Crippen molar-refractivity contribution in [2.75, 3.05) is 32.7 Å². The third-order valence-corrected chi connectivity index (χ3v) is 6.11. The van der Waals surface area contributed by atoms with Gasteiger partial charge in [-0.3, -0.25) is 14.5 Å². The molecule has 2 aromatic rings. The first-order valence-corrected chi connectivity index (χ1v) is 10.2. The molecule has 1 saturated heterocycles. The van der Waals surface area contributed by atoms with Gasteiger partial charge in [-0.1, -0.05) is 30.3 Å². The van der Waals surface area contributed by atoms with Crippen LogP contribution >= 0.6 is 27.3 Å². The van der Waals surface area contributed by atoms with Crippen LogP contribution in [0.2, 0.25) is 0 Å². The summed E-state index contributed by atoms with van der Waals surface area (Å²) >= 11 is 4.87. The molecule has 0 saturated carbocycles. The van der Waals surface area contributed by atoms with Gasteiger partial charge in [0.1, 0.15) is 11.5 Å². The number of esters is 1. The number of nitrogens with zero attached hydrogens (tertiary/aromatic N) is 2. The first-order valence-electron chi connectivity index (χ1n) is 8.57. The van der Waals surface area contributed by atoms with Crippen molar-refractivity contribution >= 4 is 39.1 Å². The molecule has 0 aliphatic carbocycles. The van der Waals surface area contributed by atoms with Crippen LogP contribution in [0.25, 0.3) is 0 Å². The third-order valence-electron chi connectivity index (χ3n) is 4.28. The number of ether oxygens (including phenoxy) is 1. The van der Waals surface area contributed by atoms with Crippen LogP contribution in [0, 0.1) is 0 Å². The highest BCUT2D eigenvalue weighted by Crippen LogP contribution is 2.24. The van der Waals surface area contributed by atoms with Gasteiger partial charge in [-0.25, -0.2) is 0 Å². The van der Waals surface area contributed by atoms with Gasteiger partial charge in [0.05, 0.1) is 6.54 Å². The number of carbonyl (C=O) groups excluding carboxylic acids is 2. The van der Waals surface area contributed by atoms with Crippen LogP contribution in [0.3, 0.4) is 0 Å². The second kappa shape index (κ2) is 9.30. The lowest BCUT2D eigenvalue weighted by Gasteiger charge is -2.21. The summed E-state index contributed by atoms with van der Waals surface area (Å²) in [5.41, 5.74) is 0.981. The smallest absolute Gasteiger partial charge is 0.320 e. The number of benzene rings is 1. The summed E-state index contributed by atoms with van der Waals surface area (Å²) in [7, 11) is 0. The number of hydrogen-bond donors (Lipinski definition) is 0. The Balaban J connectivity index is 1.47. The van der Waals surface area contributed by atoms with E-state index in [1.54, 1.807) is 0 Å². The lowest BCUT2D eigenvalue weighted by atomic mass is 10.2. The molecular formula is C19H21BrN2O3S. The summed E-state index contributed by atoms with van der Waals surface area (Å²) in [6.07, 6.45) is 0.848. The normalized spacial score (nSPS) is 15.5. The van der Waals surface area contributed by atoms with Gasteiger partial charge in [0.2, 0.25) is 0 Å². The molecule has 0 N–H and O–H groups in total. The number of rotatable bonds is 5. The van der Waals surface area contributed by atoms with Crippen molar-refractivity contribution in [1.29, 1.82) is 0 Å². The Morgan fingerprint density at radius 3 is 2.62 bits per heavy atom. The Hall–Kier alpha value is -1.70. The predicted molar refractivity (Wildman–Crippen MR) is 105 cm³/mol. The molecule has 1 aliphatic heterocycles. The predicted octanol–water partition coefficient (Wildman–Crippen LogP) is 3.40. The van der Waals surface area contributed by atoms with Gasteiger partial charge in [0.15, 0.2) is 0 Å². The largest absolute Gasteiger partial charge is 0.460 e. The van der Waals surface area contributed by atoms with E-state index in [1.165, 1.54) is 11.3 Å². The molecule has 1 aromatic heterocycles. The molecule has 0 unspecified atom stereocenters. The zero-order valence-electron chi connectivity index (χ0n) is 14.4. The van der Waals surface area contributed by atoms with E-state index in [0.29, 0.717) is 26.2 Å². The highest BCUT2D eigenvalue weighted by Gasteiger charge is 2.23. The van der Waals surface area contributed by atoms with E-state index < -0.39 is 0 Å². The van der Waals surface area contributed by atoms with E-state index in [-0.39, 0.29) is 18.4 Å². The third kappa shape index (κ3) is 5.16. The molecule has 26 heavy (non-hydrogen) atoms. The molecule has 1 aliphatic rings. The van der Waals surface area contributed by atoms with Gasteiger partial charge in [-0.05, 0) is 39.4 Å². The molecule has 2 heterocycles. The summed E-state index contributed by atoms with van der Waals surface area (Å²) in [6, 6.07) is 11.6. The maximum Gasteiger partial charge on any atom is 0.320 e. The number of halogens is 1. The van der Waals surface area contributed by atoms with E-state index in [4.69, 9.17) is 4.74 Å². The van der Waals surface area contributed by atoms with Crippen molar-refractivity contribution in [1.82, 2.24) is 9.80 Å². The van der Waals surface area contributed by atoms with Crippen LogP contribution in [-0.2, 0) is 16.1 Å². The van der Waals surface area contributed by atoms with E-state index >= 15 is 0 Å². The molecule has 1 aromatic carbocycles. The lowest BCUT2D eigenvalue weighted by Crippen LogP contribution is -2.37. The molecule has 138 valence electrons. The van der Waals surface area contributed by atoms with Crippen molar-refractivity contribution in [3.63, 3.8) is 0 Å². The van der Waals surface area contributed by atoms with Gasteiger partial charge in [-0.15, -0.1) is 11.3 Å². The van der Waals surface area contributed by atoms with Gasteiger partial charge in [0, 0.05) is 30.7 Å². The average molecular weight is 437 g/mol. The quantitative estimate of drug-likeness (QED) is 0.673. The van der Waals surface area contributed by atoms with Crippen LogP contribution in [0.1, 0.15) is 21.7 Å². The van der Waals surface area contributed by atoms with Crippen molar-refractivity contribution in [2.45, 2.75) is 13.0 Å². The second-order valence-electron chi connectivity index (χ2n) is 6.17. The maximum atomic E-state index is 12.6. The lowest BCUT2D eigenvalue weighted by molar-refractivity contribution is -0.146. The summed E-state index contributed by atoms with van der Waals surface area (Å²) in [5, 5.41) is 1.91. The van der Waals surface area contributed by atoms with Crippen molar-refractivity contribution < 1.29 is 14.3 Å². The second-order valence-corrected chi connectivity index (χ2v) is 7.94. The molecule has 7 heteroatoms. The Morgan fingerprint density at radius 2 is 1.88 bits per heavy atom. The van der Waals surface area contributed by atoms with Gasteiger partial charge in [0.25, 0.3) is 5.91 Å². The van der Waals surface area contributed by atoms with E-state index in [9.17, 15) is 9.59 Å². The topological polar surface area (TPSA) is 49.9 Å². The molecule has 1 amide bonds. The van der Waals surface area contributed by atoms with Crippen LogP contribution in [-0.4, -0.2) is 54.4 Å². The van der Waals surface area contributed by atoms with Crippen molar-refractivity contribution in [2.24, 2.45) is 0 Å². The van der Waals surface area contributed by atoms with Gasteiger partial charge in [-0.2, -0.15) is 0 Å². The Labute approximate surface area is 165 Å². The summed E-state index contributed by atoms with van der Waals surface area (Å²) in [4.78, 5) is 29.4. The zero-order chi connectivity index (χ0) is 18.4. The minimum atomic E-state index is -0.227. The molecule has 0 radical (unpaired) electrons. The molecular weight excluding hydrogens is 416 g/mol. The van der Waals surface area contributed by atoms with Gasteiger partial charge < -0.3 is 9.64 Å². The SMILES string of the molecule is O=C(CN1CCCN(C(=O)c2sccc2Br)CC1)OCc1ccccc1. The fraction of sp³-hybridized carbons (Fsp3) is 0.368. The van der Waals surface area contributed by atoms with Crippen molar-refractivity contribution in [3.05, 3.63) is 56.7 Å². The monoisotopic (exact) mass is 436 g/mol. The fourth-order valence-corrected chi connectivity index (χ4v) is 4.40. The van der Waals surface area contributed by atoms with Crippen LogP contribution in [0.4, 0.5) is 0 Å². The standard InChI is InChI=1S/C19H21BrN2O3S/c20-16-7-12-26-18(16)19(24)22-9-4-8-21(10-11-22)13-17(23)25-14-15-5-2-1-3-6-15/h1-3,5-7,12H,4,8-11,13-14H2. The van der Waals surface area contributed by atoms with E-state index in [1.807, 2.05) is 46.7 Å². The number of hydrogen-bond acceptors (Lipinski definition) is 5. The molecule has 0 atom stereocenters. The minimum absolute atomic E-state index is 0.0559. The number of thiophene rings is 1. The summed E-state index contributed by atoms with van der Waals surface area (Å²) < 4.78 is 6.20. The van der Waals surface area contributed by atoms with E-state index in [2.05, 4.69) is 20.8 Å². The fourth-order valence-electron chi connectivity index (χ4n) is 2.89. The summed E-state index contributed by atoms with van der Waals surface area (Å²) in [6.45, 7) is 3.35. The van der Waals surface area contributed by atoms with Crippen molar-refractivity contribution in [3.8, 4) is 0 Å². The molecule has 1 fully saturated rings. The van der Waals surface area contributed by atoms with E-state index in [0.717, 1.165) is 27.9 Å². The minimum Gasteiger partial charge on any atom is -0.460 e. The molecule has 5 nitrogen and oxygen atoms in total.